The molecule has 3 atom stereocenters. The van der Waals surface area contributed by atoms with Crippen LogP contribution < -0.4 is 4.90 Å². The van der Waals surface area contributed by atoms with Gasteiger partial charge >= 0.3 is 12.1 Å². The van der Waals surface area contributed by atoms with Gasteiger partial charge in [0, 0.05) is 24.4 Å². The van der Waals surface area contributed by atoms with Crippen molar-refractivity contribution in [3.63, 3.8) is 0 Å². The van der Waals surface area contributed by atoms with E-state index in [0.717, 1.165) is 31.2 Å². The lowest BCUT2D eigenvalue weighted by Gasteiger charge is -2.54. The van der Waals surface area contributed by atoms with E-state index in [1.807, 2.05) is 23.1 Å². The summed E-state index contributed by atoms with van der Waals surface area (Å²) in [5.74, 6) is -1.03. The van der Waals surface area contributed by atoms with Crippen LogP contribution >= 0.6 is 0 Å². The predicted molar refractivity (Wildman–Crippen MR) is 92.9 cm³/mol. The van der Waals surface area contributed by atoms with Crippen molar-refractivity contribution in [2.24, 2.45) is 5.92 Å². The third kappa shape index (κ3) is 2.71. The van der Waals surface area contributed by atoms with E-state index < -0.39 is 12.1 Å². The molecule has 0 radical (unpaired) electrons. The maximum atomic E-state index is 12.9. The fraction of sp³-hybridized carbons (Fsp3) is 0.526. The van der Waals surface area contributed by atoms with E-state index in [1.54, 1.807) is 6.07 Å². The molecule has 0 bridgehead atoms. The Morgan fingerprint density at radius 2 is 1.77 bits per heavy atom. The molecule has 1 aromatic carbocycles. The van der Waals surface area contributed by atoms with Crippen molar-refractivity contribution in [2.75, 3.05) is 4.90 Å². The smallest absolute Gasteiger partial charge is 0.412 e. The molecule has 2 N–H and O–H groups in total. The maximum absolute atomic E-state index is 12.9. The van der Waals surface area contributed by atoms with Gasteiger partial charge < -0.3 is 15.1 Å². The molecule has 2 amide bonds. The number of carboxylic acids is 1. The highest BCUT2D eigenvalue weighted by molar-refractivity contribution is 5.90. The Hall–Kier alpha value is -2.57. The van der Waals surface area contributed by atoms with E-state index in [9.17, 15) is 19.5 Å². The van der Waals surface area contributed by atoms with Crippen molar-refractivity contribution < 1.29 is 24.6 Å². The summed E-state index contributed by atoms with van der Waals surface area (Å²) < 4.78 is 0. The highest BCUT2D eigenvalue weighted by atomic mass is 16.4. The molecule has 26 heavy (non-hydrogen) atoms. The Bertz CT molecular complexity index is 760. The van der Waals surface area contributed by atoms with Gasteiger partial charge in [0.1, 0.15) is 0 Å². The first-order valence-electron chi connectivity index (χ1n) is 9.13. The second-order valence-corrected chi connectivity index (χ2v) is 7.39. The van der Waals surface area contributed by atoms with E-state index in [1.165, 1.54) is 4.90 Å². The highest BCUT2D eigenvalue weighted by Crippen LogP contribution is 2.54. The van der Waals surface area contributed by atoms with Gasteiger partial charge in [0.2, 0.25) is 5.91 Å². The van der Waals surface area contributed by atoms with Crippen LogP contribution in [0.1, 0.15) is 50.1 Å². The van der Waals surface area contributed by atoms with Crippen molar-refractivity contribution in [1.82, 2.24) is 4.90 Å². The van der Waals surface area contributed by atoms with Crippen LogP contribution in [0, 0.1) is 5.92 Å². The molecule has 7 heteroatoms. The van der Waals surface area contributed by atoms with E-state index in [-0.39, 0.29) is 42.8 Å². The summed E-state index contributed by atoms with van der Waals surface area (Å²) in [7, 11) is 0. The first-order valence-corrected chi connectivity index (χ1v) is 9.13. The van der Waals surface area contributed by atoms with E-state index >= 15 is 0 Å². The van der Waals surface area contributed by atoms with Crippen LogP contribution in [0.2, 0.25) is 0 Å². The van der Waals surface area contributed by atoms with Gasteiger partial charge in [-0.3, -0.25) is 14.5 Å². The monoisotopic (exact) mass is 358 g/mol. The molecule has 4 rings (SSSR count). The zero-order valence-electron chi connectivity index (χ0n) is 14.4. The van der Waals surface area contributed by atoms with Gasteiger partial charge in [0.05, 0.1) is 18.2 Å². The molecule has 0 aromatic heterocycles. The van der Waals surface area contributed by atoms with E-state index in [4.69, 9.17) is 5.11 Å². The SMILES string of the molecule is O=C(O)CCC(=O)N(C1CC1)[C@H]1c2ccccc2N(C(=O)O)[C@H]2CC[C@H]21. The summed E-state index contributed by atoms with van der Waals surface area (Å²) in [5, 5.41) is 18.6. The molecule has 138 valence electrons. The molecule has 1 aromatic rings. The van der Waals surface area contributed by atoms with Crippen LogP contribution in [-0.2, 0) is 9.59 Å². The minimum Gasteiger partial charge on any atom is -0.481 e. The third-order valence-corrected chi connectivity index (χ3v) is 5.83. The third-order valence-electron chi connectivity index (χ3n) is 5.83. The molecule has 0 unspecified atom stereocenters. The Balaban J connectivity index is 1.72. The van der Waals surface area contributed by atoms with Gasteiger partial charge in [0.25, 0.3) is 0 Å². The number of hydrogen-bond donors (Lipinski definition) is 2. The second-order valence-electron chi connectivity index (χ2n) is 7.39. The highest BCUT2D eigenvalue weighted by Gasteiger charge is 2.53. The predicted octanol–water partition coefficient (Wildman–Crippen LogP) is 2.86. The van der Waals surface area contributed by atoms with E-state index in [2.05, 4.69) is 0 Å². The van der Waals surface area contributed by atoms with Crippen molar-refractivity contribution in [3.05, 3.63) is 29.8 Å². The Labute approximate surface area is 151 Å². The summed E-state index contributed by atoms with van der Waals surface area (Å²) in [6.45, 7) is 0. The van der Waals surface area contributed by atoms with Crippen molar-refractivity contribution in [1.29, 1.82) is 0 Å². The number of benzene rings is 1. The second kappa shape index (κ2) is 6.30. The summed E-state index contributed by atoms with van der Waals surface area (Å²) in [6, 6.07) is 7.28. The van der Waals surface area contributed by atoms with Crippen molar-refractivity contribution >= 4 is 23.7 Å². The Morgan fingerprint density at radius 1 is 1.04 bits per heavy atom. The standard InChI is InChI=1S/C19H22N2O5/c22-16(9-10-17(23)24)20(11-5-6-11)18-12-3-1-2-4-14(12)21(19(25)26)15-8-7-13(15)18/h1-4,11,13,15,18H,5-10H2,(H,23,24)(H,25,26)/t13-,15+,18+/m1/s1. The quantitative estimate of drug-likeness (QED) is 0.843. The molecular weight excluding hydrogens is 336 g/mol. The van der Waals surface area contributed by atoms with Gasteiger partial charge in [-0.2, -0.15) is 0 Å². The largest absolute Gasteiger partial charge is 0.481 e. The van der Waals surface area contributed by atoms with Crippen molar-refractivity contribution in [2.45, 2.75) is 56.7 Å². The number of carboxylic acid groups (broad SMARTS) is 2. The zero-order chi connectivity index (χ0) is 18.4. The van der Waals surface area contributed by atoms with Crippen LogP contribution in [0.5, 0.6) is 0 Å². The number of para-hydroxylation sites is 1. The zero-order valence-corrected chi connectivity index (χ0v) is 14.4. The Morgan fingerprint density at radius 3 is 2.35 bits per heavy atom. The van der Waals surface area contributed by atoms with Crippen LogP contribution in [0.25, 0.3) is 0 Å². The number of nitrogens with zero attached hydrogens (tertiary/aromatic N) is 2. The van der Waals surface area contributed by atoms with Crippen LogP contribution in [0.4, 0.5) is 10.5 Å². The molecule has 0 spiro atoms. The number of amides is 2. The van der Waals surface area contributed by atoms with Crippen LogP contribution in [0.3, 0.4) is 0 Å². The van der Waals surface area contributed by atoms with Gasteiger partial charge in [-0.05, 0) is 37.3 Å². The number of aliphatic carboxylic acids is 1. The number of rotatable bonds is 5. The number of carbonyl (C=O) groups excluding carboxylic acids is 1. The first-order chi connectivity index (χ1) is 12.5. The van der Waals surface area contributed by atoms with Gasteiger partial charge in [-0.15, -0.1) is 0 Å². The number of anilines is 1. The lowest BCUT2D eigenvalue weighted by molar-refractivity contribution is -0.143. The summed E-state index contributed by atoms with van der Waals surface area (Å²) in [4.78, 5) is 38.9. The normalized spacial score (nSPS) is 26.3. The molecule has 3 aliphatic rings. The lowest BCUT2D eigenvalue weighted by Crippen LogP contribution is -2.59. The molecule has 2 aliphatic carbocycles. The molecule has 2 saturated carbocycles. The van der Waals surface area contributed by atoms with Gasteiger partial charge in [0.15, 0.2) is 0 Å². The minimum atomic E-state index is -0.975. The fourth-order valence-corrected chi connectivity index (χ4v) is 4.45. The summed E-state index contributed by atoms with van der Waals surface area (Å²) in [5.41, 5.74) is 1.52. The molecular formula is C19H22N2O5. The average molecular weight is 358 g/mol. The van der Waals surface area contributed by atoms with E-state index in [0.29, 0.717) is 5.69 Å². The first kappa shape index (κ1) is 16.9. The number of carbonyl (C=O) groups is 3. The van der Waals surface area contributed by atoms with Gasteiger partial charge in [-0.25, -0.2) is 4.79 Å². The molecule has 2 fully saturated rings. The van der Waals surface area contributed by atoms with Crippen LogP contribution in [-0.4, -0.2) is 45.2 Å². The molecule has 0 saturated heterocycles. The molecule has 1 heterocycles. The van der Waals surface area contributed by atoms with Crippen LogP contribution in [0.15, 0.2) is 24.3 Å². The van der Waals surface area contributed by atoms with Crippen molar-refractivity contribution in [3.8, 4) is 0 Å². The maximum Gasteiger partial charge on any atom is 0.412 e. The number of hydrogen-bond acceptors (Lipinski definition) is 3. The summed E-state index contributed by atoms with van der Waals surface area (Å²) in [6.07, 6.45) is 2.39. The summed E-state index contributed by atoms with van der Waals surface area (Å²) >= 11 is 0. The molecule has 1 aliphatic heterocycles. The fourth-order valence-electron chi connectivity index (χ4n) is 4.45. The number of fused-ring (bicyclic) bond motifs is 2. The average Bonchev–Trinajstić information content (AvgIpc) is 3.40. The lowest BCUT2D eigenvalue weighted by atomic mass is 9.68. The Kier molecular flexibility index (Phi) is 4.09. The molecule has 7 nitrogen and oxygen atoms in total. The topological polar surface area (TPSA) is 98.2 Å². The van der Waals surface area contributed by atoms with Gasteiger partial charge in [-0.1, -0.05) is 18.2 Å². The minimum absolute atomic E-state index is 0.00939.